The molecule has 318 valence electrons. The van der Waals surface area contributed by atoms with Crippen LogP contribution in [0.1, 0.15) is 78.6 Å². The van der Waals surface area contributed by atoms with Crippen LogP contribution in [-0.2, 0) is 38.1 Å². The fourth-order valence-electron chi connectivity index (χ4n) is 10.6. The highest BCUT2D eigenvalue weighted by Gasteiger charge is 2.65. The summed E-state index contributed by atoms with van der Waals surface area (Å²) in [7, 11) is 0. The third-order valence-electron chi connectivity index (χ3n) is 13.5. The summed E-state index contributed by atoms with van der Waals surface area (Å²) < 4.78 is 27.7. The summed E-state index contributed by atoms with van der Waals surface area (Å²) in [5.74, 6) is 1.03. The Morgan fingerprint density at radius 1 is 0.709 bits per heavy atom. The highest BCUT2D eigenvalue weighted by atomic mass is 127. The highest BCUT2D eigenvalue weighted by molar-refractivity contribution is 14.1. The zero-order valence-corrected chi connectivity index (χ0v) is 35.6. The smallest absolute Gasteiger partial charge is 0.239 e. The van der Waals surface area contributed by atoms with Crippen LogP contribution in [0.2, 0.25) is 0 Å². The second-order valence-corrected chi connectivity index (χ2v) is 17.5. The largest absolute Gasteiger partial charge is 0.393 e. The van der Waals surface area contributed by atoms with E-state index in [1.54, 1.807) is 0 Å². The summed E-state index contributed by atoms with van der Waals surface area (Å²) >= 11 is 2.01. The molecule has 0 heterocycles. The summed E-state index contributed by atoms with van der Waals surface area (Å²) in [4.78, 5) is 36.1. The normalized spacial score (nSPS) is 33.2. The highest BCUT2D eigenvalue weighted by Crippen LogP contribution is 2.68. The van der Waals surface area contributed by atoms with Crippen molar-refractivity contribution in [3.05, 3.63) is 0 Å². The van der Waals surface area contributed by atoms with Crippen molar-refractivity contribution in [2.45, 2.75) is 96.9 Å². The van der Waals surface area contributed by atoms with Crippen LogP contribution in [0, 0.1) is 46.3 Å². The van der Waals surface area contributed by atoms with Crippen molar-refractivity contribution in [2.75, 3.05) is 90.1 Å². The van der Waals surface area contributed by atoms with Crippen molar-refractivity contribution in [1.82, 2.24) is 16.0 Å². The summed E-state index contributed by atoms with van der Waals surface area (Å²) in [6.07, 6.45) is 5.79. The predicted molar refractivity (Wildman–Crippen MR) is 214 cm³/mol. The first-order valence-electron chi connectivity index (χ1n) is 20.7. The fourth-order valence-corrected chi connectivity index (χ4v) is 10.8. The number of hydrogen-bond donors (Lipinski definition) is 6. The Bertz CT molecular complexity index is 1190. The van der Waals surface area contributed by atoms with Crippen LogP contribution in [0.15, 0.2) is 0 Å². The maximum atomic E-state index is 12.7. The maximum absolute atomic E-state index is 12.7. The van der Waals surface area contributed by atoms with E-state index < -0.39 is 12.2 Å². The molecule has 0 aromatic rings. The number of rotatable bonds is 25. The molecule has 0 aliphatic heterocycles. The Morgan fingerprint density at radius 2 is 1.27 bits per heavy atom. The van der Waals surface area contributed by atoms with Crippen LogP contribution in [0.5, 0.6) is 0 Å². The molecule has 55 heavy (non-hydrogen) atoms. The van der Waals surface area contributed by atoms with Crippen LogP contribution in [-0.4, -0.2) is 141 Å². The molecule has 0 aromatic carbocycles. The summed E-state index contributed by atoms with van der Waals surface area (Å²) in [5.41, 5.74) is -0.256. The van der Waals surface area contributed by atoms with E-state index in [9.17, 15) is 29.7 Å². The lowest BCUT2D eigenvalue weighted by Crippen LogP contribution is -2.62. The first-order chi connectivity index (χ1) is 26.4. The van der Waals surface area contributed by atoms with Gasteiger partial charge in [-0.3, -0.25) is 14.4 Å². The van der Waals surface area contributed by atoms with Gasteiger partial charge in [0, 0.05) is 19.5 Å². The van der Waals surface area contributed by atoms with Gasteiger partial charge < -0.3 is 55.0 Å². The number of alkyl halides is 1. The Labute approximate surface area is 341 Å². The Balaban J connectivity index is 0.988. The topological polar surface area (TPSA) is 194 Å². The van der Waals surface area contributed by atoms with Crippen molar-refractivity contribution in [3.8, 4) is 0 Å². The average Bonchev–Trinajstić information content (AvgIpc) is 3.53. The average molecular weight is 896 g/mol. The van der Waals surface area contributed by atoms with Gasteiger partial charge in [0.25, 0.3) is 0 Å². The van der Waals surface area contributed by atoms with Gasteiger partial charge in [0.2, 0.25) is 17.7 Å². The molecule has 4 fully saturated rings. The lowest BCUT2D eigenvalue weighted by Gasteiger charge is -2.63. The molecule has 0 radical (unpaired) electrons. The quantitative estimate of drug-likeness (QED) is 0.0448. The minimum atomic E-state index is -0.453. The van der Waals surface area contributed by atoms with E-state index in [-0.39, 0.29) is 70.8 Å². The minimum Gasteiger partial charge on any atom is -0.393 e. The Hall–Kier alpha value is -1.18. The van der Waals surface area contributed by atoms with Crippen LogP contribution >= 0.6 is 22.6 Å². The monoisotopic (exact) mass is 895 g/mol. The van der Waals surface area contributed by atoms with E-state index in [2.05, 4.69) is 36.7 Å². The number of aliphatic hydroxyl groups is 3. The van der Waals surface area contributed by atoms with Gasteiger partial charge in [0.15, 0.2) is 0 Å². The van der Waals surface area contributed by atoms with Crippen LogP contribution in [0.4, 0.5) is 0 Å². The van der Waals surface area contributed by atoms with Gasteiger partial charge in [0.1, 0.15) is 0 Å². The number of carbonyl (C=O) groups is 3. The molecule has 0 spiro atoms. The predicted octanol–water partition coefficient (Wildman–Crippen LogP) is 2.23. The molecule has 0 aromatic heterocycles. The van der Waals surface area contributed by atoms with Crippen LogP contribution in [0.3, 0.4) is 0 Å². The van der Waals surface area contributed by atoms with Gasteiger partial charge in [-0.15, -0.1) is 0 Å². The number of carbonyl (C=O) groups excluding carboxylic acids is 3. The molecule has 0 saturated heterocycles. The molecule has 4 aliphatic rings. The SMILES string of the molecule is C[C@H](CCC(=O)NCC(=O)NCCOCCOCCOCCOCCOCCNC(=O)CI)[C@H]1CC[C@H]2[C@@H]3[C@H](O)C[C@@H]4C[C@H](O)CC[C@]4(C)[C@H]3C[C@H](O)[C@]12C. The van der Waals surface area contributed by atoms with E-state index in [0.717, 1.165) is 38.5 Å². The van der Waals surface area contributed by atoms with Crippen LogP contribution < -0.4 is 16.0 Å². The Morgan fingerprint density at radius 3 is 1.85 bits per heavy atom. The van der Waals surface area contributed by atoms with Gasteiger partial charge in [-0.05, 0) is 97.7 Å². The number of ether oxygens (including phenoxy) is 5. The molecule has 14 nitrogen and oxygen atoms in total. The zero-order chi connectivity index (χ0) is 39.8. The second-order valence-electron chi connectivity index (χ2n) is 16.7. The molecule has 0 unspecified atom stereocenters. The van der Waals surface area contributed by atoms with Crippen LogP contribution in [0.25, 0.3) is 0 Å². The number of hydrogen-bond acceptors (Lipinski definition) is 11. The fraction of sp³-hybridized carbons (Fsp3) is 0.925. The number of halogens is 1. The second kappa shape index (κ2) is 23.4. The molecule has 4 saturated carbocycles. The number of nitrogens with one attached hydrogen (secondary N) is 3. The molecular formula is C40H70IN3O11. The summed E-state index contributed by atoms with van der Waals surface area (Å²) in [5, 5.41) is 41.9. The van der Waals surface area contributed by atoms with Crippen molar-refractivity contribution in [2.24, 2.45) is 46.3 Å². The molecule has 0 bridgehead atoms. The Kier molecular flexibility index (Phi) is 19.8. The number of fused-ring (bicyclic) bond motifs is 5. The lowest BCUT2D eigenvalue weighted by molar-refractivity contribution is -0.207. The standard InChI is InChI=1S/C40H70IN3O11/c1-27(30-5-6-31-38-32(24-34(47)40(30,31)3)39(2)9-8-29(45)22-28(39)23-33(38)46)4-7-35(48)44-26-37(50)43-11-13-52-15-17-54-19-21-55-20-18-53-16-14-51-12-10-42-36(49)25-41/h27-34,38,45-47H,4-26H2,1-3H3,(H,42,49)(H,43,50)(H,44,48)/t27-,28+,29-,30-,31+,32+,33-,34+,38+,39+,40-/m1/s1. The van der Waals surface area contributed by atoms with E-state index in [0.29, 0.717) is 109 Å². The van der Waals surface area contributed by atoms with Gasteiger partial charge in [-0.25, -0.2) is 0 Å². The first kappa shape index (κ1) is 46.5. The summed E-state index contributed by atoms with van der Waals surface area (Å²) in [6.45, 7) is 11.8. The van der Waals surface area contributed by atoms with Crippen molar-refractivity contribution in [3.63, 3.8) is 0 Å². The number of aliphatic hydroxyl groups excluding tert-OH is 3. The molecular weight excluding hydrogens is 825 g/mol. The molecule has 11 atom stereocenters. The van der Waals surface area contributed by atoms with Gasteiger partial charge >= 0.3 is 0 Å². The van der Waals surface area contributed by atoms with Gasteiger partial charge in [0.05, 0.1) is 95.4 Å². The van der Waals surface area contributed by atoms with E-state index in [1.807, 2.05) is 22.6 Å². The molecule has 15 heteroatoms. The third kappa shape index (κ3) is 13.2. The third-order valence-corrected chi connectivity index (χ3v) is 14.2. The molecule has 3 amide bonds. The lowest BCUT2D eigenvalue weighted by atomic mass is 9.43. The zero-order valence-electron chi connectivity index (χ0n) is 33.4. The first-order valence-corrected chi connectivity index (χ1v) is 22.2. The van der Waals surface area contributed by atoms with Crippen molar-refractivity contribution < 1.29 is 53.4 Å². The van der Waals surface area contributed by atoms with E-state index >= 15 is 0 Å². The van der Waals surface area contributed by atoms with Gasteiger partial charge in [-0.1, -0.05) is 43.4 Å². The number of amides is 3. The van der Waals surface area contributed by atoms with E-state index in [1.165, 1.54) is 0 Å². The molecule has 6 N–H and O–H groups in total. The minimum absolute atomic E-state index is 0.00125. The molecule has 4 rings (SSSR count). The van der Waals surface area contributed by atoms with E-state index in [4.69, 9.17) is 23.7 Å². The maximum Gasteiger partial charge on any atom is 0.239 e. The summed E-state index contributed by atoms with van der Waals surface area (Å²) in [6, 6.07) is 0. The van der Waals surface area contributed by atoms with Crippen molar-refractivity contribution >= 4 is 40.3 Å². The molecule has 4 aliphatic carbocycles. The van der Waals surface area contributed by atoms with Crippen molar-refractivity contribution in [1.29, 1.82) is 0 Å². The van der Waals surface area contributed by atoms with Gasteiger partial charge in [-0.2, -0.15) is 0 Å².